The van der Waals surface area contributed by atoms with Gasteiger partial charge in [-0.15, -0.1) is 0 Å². The summed E-state index contributed by atoms with van der Waals surface area (Å²) in [6.07, 6.45) is 1.90. The largest absolute Gasteiger partial charge is 0.493 e. The summed E-state index contributed by atoms with van der Waals surface area (Å²) < 4.78 is 12.1. The third-order valence-corrected chi connectivity index (χ3v) is 8.17. The van der Waals surface area contributed by atoms with Crippen molar-refractivity contribution in [1.82, 2.24) is 4.90 Å². The smallest absolute Gasteiger partial charge is 0.269 e. The fourth-order valence-corrected chi connectivity index (χ4v) is 6.83. The van der Waals surface area contributed by atoms with Gasteiger partial charge in [0, 0.05) is 35.1 Å². The summed E-state index contributed by atoms with van der Waals surface area (Å²) in [7, 11) is 3.79. The van der Waals surface area contributed by atoms with Crippen molar-refractivity contribution in [2.45, 2.75) is 42.7 Å². The number of ketones is 1. The number of Topliss-reactive ketones (excluding diaryl/α,β-unsaturated/α-hetero) is 1. The maximum Gasteiger partial charge on any atom is 0.269 e. The van der Waals surface area contributed by atoms with Crippen molar-refractivity contribution in [3.8, 4) is 11.5 Å². The van der Waals surface area contributed by atoms with Crippen molar-refractivity contribution in [3.63, 3.8) is 0 Å². The van der Waals surface area contributed by atoms with Gasteiger partial charge in [0.15, 0.2) is 23.4 Å². The van der Waals surface area contributed by atoms with Crippen LogP contribution in [-0.4, -0.2) is 48.5 Å². The molecule has 1 saturated carbocycles. The molecule has 1 saturated heterocycles. The second-order valence-electron chi connectivity index (χ2n) is 9.32. The lowest BCUT2D eigenvalue weighted by atomic mass is 9.49. The molecule has 7 heteroatoms. The first-order valence-corrected chi connectivity index (χ1v) is 10.8. The molecule has 0 amide bonds. The summed E-state index contributed by atoms with van der Waals surface area (Å²) in [6, 6.07) is 10.9. The highest BCUT2D eigenvalue weighted by Crippen LogP contribution is 2.64. The number of methoxy groups -OCH3 is 1. The van der Waals surface area contributed by atoms with E-state index in [1.54, 1.807) is 19.2 Å². The molecule has 0 aromatic heterocycles. The van der Waals surface area contributed by atoms with Crippen LogP contribution in [0.4, 0.5) is 5.69 Å². The van der Waals surface area contributed by atoms with E-state index in [4.69, 9.17) is 9.47 Å². The van der Waals surface area contributed by atoms with Crippen molar-refractivity contribution in [3.05, 3.63) is 63.2 Å². The van der Waals surface area contributed by atoms with Gasteiger partial charge in [0.05, 0.1) is 12.0 Å². The summed E-state index contributed by atoms with van der Waals surface area (Å²) >= 11 is 0. The van der Waals surface area contributed by atoms with Crippen LogP contribution < -0.4 is 9.47 Å². The van der Waals surface area contributed by atoms with Gasteiger partial charge < -0.3 is 14.4 Å². The third-order valence-electron chi connectivity index (χ3n) is 8.17. The van der Waals surface area contributed by atoms with Crippen LogP contribution >= 0.6 is 0 Å². The van der Waals surface area contributed by atoms with E-state index in [1.807, 2.05) is 12.1 Å². The molecule has 0 N–H and O–H groups in total. The number of carbonyl (C=O) groups is 1. The molecular formula is C24H24N2O5. The number of nitro benzene ring substituents is 1. The van der Waals surface area contributed by atoms with E-state index in [2.05, 4.69) is 18.0 Å². The van der Waals surface area contributed by atoms with Gasteiger partial charge in [0.1, 0.15) is 0 Å². The van der Waals surface area contributed by atoms with E-state index >= 15 is 0 Å². The summed E-state index contributed by atoms with van der Waals surface area (Å²) in [5.41, 5.74) is 2.84. The number of piperidine rings is 1. The minimum Gasteiger partial charge on any atom is -0.493 e. The molecular weight excluding hydrogens is 396 g/mol. The lowest BCUT2D eigenvalue weighted by molar-refractivity contribution is -0.384. The first kappa shape index (κ1) is 18.8. The maximum atomic E-state index is 13.9. The maximum absolute atomic E-state index is 13.9. The van der Waals surface area contributed by atoms with Crippen LogP contribution in [0.15, 0.2) is 36.4 Å². The van der Waals surface area contributed by atoms with Gasteiger partial charge in [-0.3, -0.25) is 14.9 Å². The van der Waals surface area contributed by atoms with Crippen molar-refractivity contribution in [2.75, 3.05) is 20.7 Å². The third kappa shape index (κ3) is 2.30. The zero-order valence-corrected chi connectivity index (χ0v) is 17.5. The van der Waals surface area contributed by atoms with Crippen molar-refractivity contribution < 1.29 is 19.2 Å². The van der Waals surface area contributed by atoms with Crippen LogP contribution in [0.5, 0.6) is 11.5 Å². The van der Waals surface area contributed by atoms with E-state index in [-0.39, 0.29) is 22.8 Å². The minimum atomic E-state index is -0.572. The second kappa shape index (κ2) is 6.29. The van der Waals surface area contributed by atoms with E-state index in [0.717, 1.165) is 25.1 Å². The molecule has 1 unspecified atom stereocenters. The number of hydrogen-bond donors (Lipinski definition) is 0. The van der Waals surface area contributed by atoms with Crippen LogP contribution in [0, 0.1) is 16.0 Å². The molecule has 0 radical (unpaired) electrons. The second-order valence-corrected chi connectivity index (χ2v) is 9.32. The van der Waals surface area contributed by atoms with Gasteiger partial charge in [0.25, 0.3) is 5.69 Å². The quantitative estimate of drug-likeness (QED) is 0.560. The Morgan fingerprint density at radius 2 is 2.13 bits per heavy atom. The molecule has 2 fully saturated rings. The predicted octanol–water partition coefficient (Wildman–Crippen LogP) is 3.24. The lowest BCUT2D eigenvalue weighted by Crippen LogP contribution is -2.66. The van der Waals surface area contributed by atoms with Crippen LogP contribution in [0.2, 0.25) is 0 Å². The molecule has 2 aliphatic heterocycles. The standard InChI is InChI=1S/C24H24N2O5/c1-25-9-8-24-17-12-16(13-4-3-5-15(10-13)26(28)29)21(27)23(24)31-22-19(30-2)7-6-14(20(22)24)11-18(17)25/h3-7,10,16-18,23H,8-9,11-12H2,1-2H3/t16-,17?,18-,23+,24+/m1/s1. The fraction of sp³-hybridized carbons (Fsp3) is 0.458. The van der Waals surface area contributed by atoms with E-state index < -0.39 is 16.9 Å². The number of likely N-dealkylation sites (N-methyl/N-ethyl adjacent to an activating group) is 1. The molecule has 160 valence electrons. The summed E-state index contributed by atoms with van der Waals surface area (Å²) in [6.45, 7) is 0.922. The molecule has 5 atom stereocenters. The molecule has 2 aromatic carbocycles. The molecule has 7 nitrogen and oxygen atoms in total. The van der Waals surface area contributed by atoms with Gasteiger partial charge >= 0.3 is 0 Å². The lowest BCUT2D eigenvalue weighted by Gasteiger charge is -2.58. The van der Waals surface area contributed by atoms with Gasteiger partial charge in [-0.1, -0.05) is 18.2 Å². The molecule has 2 heterocycles. The highest BCUT2D eigenvalue weighted by atomic mass is 16.6. The number of nitro groups is 1. The van der Waals surface area contributed by atoms with Crippen LogP contribution in [-0.2, 0) is 16.6 Å². The van der Waals surface area contributed by atoms with Crippen molar-refractivity contribution in [1.29, 1.82) is 0 Å². The highest BCUT2D eigenvalue weighted by Gasteiger charge is 2.67. The predicted molar refractivity (Wildman–Crippen MR) is 113 cm³/mol. The van der Waals surface area contributed by atoms with Gasteiger partial charge in [-0.2, -0.15) is 0 Å². The summed E-state index contributed by atoms with van der Waals surface area (Å²) in [5.74, 6) is 1.29. The number of hydrogen-bond acceptors (Lipinski definition) is 6. The number of likely N-dealkylation sites (tertiary alicyclic amines) is 1. The highest BCUT2D eigenvalue weighted by molar-refractivity contribution is 5.94. The normalized spacial score (nSPS) is 32.9. The Bertz CT molecular complexity index is 1130. The number of nitrogens with zero attached hydrogens (tertiary/aromatic N) is 2. The average Bonchev–Trinajstić information content (AvgIpc) is 3.12. The Morgan fingerprint density at radius 3 is 2.90 bits per heavy atom. The van der Waals surface area contributed by atoms with E-state index in [0.29, 0.717) is 23.8 Å². The number of benzene rings is 2. The zero-order chi connectivity index (χ0) is 21.5. The number of carbonyl (C=O) groups excluding carboxylic acids is 1. The fourth-order valence-electron chi connectivity index (χ4n) is 6.83. The summed E-state index contributed by atoms with van der Waals surface area (Å²) in [4.78, 5) is 27.2. The minimum absolute atomic E-state index is 0.0196. The van der Waals surface area contributed by atoms with Crippen LogP contribution in [0.3, 0.4) is 0 Å². The Morgan fingerprint density at radius 1 is 1.29 bits per heavy atom. The SMILES string of the molecule is COc1ccc2c3c1O[C@H]1C(=O)[C@@H](c4cccc([N+](=O)[O-])c4)CC4[C@@H](C2)N(C)CC[C@@]341. The average molecular weight is 420 g/mol. The monoisotopic (exact) mass is 420 g/mol. The molecule has 6 rings (SSSR count). The number of ether oxygens (including phenoxy) is 2. The Balaban J connectivity index is 1.52. The Hall–Kier alpha value is -2.93. The molecule has 31 heavy (non-hydrogen) atoms. The first-order valence-electron chi connectivity index (χ1n) is 10.8. The first-order chi connectivity index (χ1) is 15.0. The van der Waals surface area contributed by atoms with Crippen LogP contribution in [0.25, 0.3) is 0 Å². The van der Waals surface area contributed by atoms with E-state index in [1.165, 1.54) is 17.2 Å². The Kier molecular flexibility index (Phi) is 3.82. The molecule has 1 spiro atoms. The molecule has 2 bridgehead atoms. The van der Waals surface area contributed by atoms with Crippen molar-refractivity contribution in [2.24, 2.45) is 5.92 Å². The molecule has 2 aromatic rings. The summed E-state index contributed by atoms with van der Waals surface area (Å²) in [5, 5.41) is 11.3. The number of non-ortho nitro benzene ring substituents is 1. The van der Waals surface area contributed by atoms with E-state index in [9.17, 15) is 14.9 Å². The van der Waals surface area contributed by atoms with Crippen LogP contribution in [0.1, 0.15) is 35.4 Å². The topological polar surface area (TPSA) is 81.9 Å². The molecule has 4 aliphatic rings. The Labute approximate surface area is 180 Å². The van der Waals surface area contributed by atoms with Gasteiger partial charge in [0.2, 0.25) is 0 Å². The number of rotatable bonds is 3. The van der Waals surface area contributed by atoms with Crippen molar-refractivity contribution >= 4 is 11.5 Å². The van der Waals surface area contributed by atoms with Gasteiger partial charge in [-0.25, -0.2) is 0 Å². The molecule has 2 aliphatic carbocycles. The zero-order valence-electron chi connectivity index (χ0n) is 17.5. The van der Waals surface area contributed by atoms with Gasteiger partial charge in [-0.05, 0) is 56.0 Å².